The Bertz CT molecular complexity index is 883. The summed E-state index contributed by atoms with van der Waals surface area (Å²) in [4.78, 5) is 16.4. The fourth-order valence-corrected chi connectivity index (χ4v) is 2.50. The standard InChI is InChI=1S/C15H14ClN5O3/c1-8-4-12(20-24-8)14(22)19-9-5-10(15(23-3)17-6-9)13-11(16)7-18-21(13)2/h4-7H,1-3H3,(H,19,22). The van der Waals surface area contributed by atoms with Crippen molar-refractivity contribution in [3.05, 3.63) is 41.0 Å². The van der Waals surface area contributed by atoms with Crippen LogP contribution < -0.4 is 10.1 Å². The second-order valence-corrected chi connectivity index (χ2v) is 5.43. The van der Waals surface area contributed by atoms with Crippen LogP contribution in [0.25, 0.3) is 11.3 Å². The summed E-state index contributed by atoms with van der Waals surface area (Å²) in [6, 6.07) is 3.25. The van der Waals surface area contributed by atoms with Crippen molar-refractivity contribution in [2.24, 2.45) is 7.05 Å². The molecule has 0 aliphatic carbocycles. The third kappa shape index (κ3) is 2.95. The van der Waals surface area contributed by atoms with Gasteiger partial charge in [0.1, 0.15) is 5.76 Å². The highest BCUT2D eigenvalue weighted by molar-refractivity contribution is 6.33. The average molecular weight is 348 g/mol. The fourth-order valence-electron chi connectivity index (χ4n) is 2.24. The summed E-state index contributed by atoms with van der Waals surface area (Å²) in [6.07, 6.45) is 3.01. The molecular formula is C15H14ClN5O3. The van der Waals surface area contributed by atoms with E-state index in [1.165, 1.54) is 19.5 Å². The molecule has 0 aromatic carbocycles. The van der Waals surface area contributed by atoms with Crippen molar-refractivity contribution in [2.45, 2.75) is 6.92 Å². The number of hydrogen-bond donors (Lipinski definition) is 1. The number of hydrogen-bond acceptors (Lipinski definition) is 6. The van der Waals surface area contributed by atoms with E-state index in [0.29, 0.717) is 33.6 Å². The van der Waals surface area contributed by atoms with Crippen molar-refractivity contribution in [1.82, 2.24) is 19.9 Å². The molecule has 1 N–H and O–H groups in total. The minimum Gasteiger partial charge on any atom is -0.481 e. The first-order valence-corrected chi connectivity index (χ1v) is 7.34. The van der Waals surface area contributed by atoms with E-state index in [1.54, 1.807) is 30.8 Å². The summed E-state index contributed by atoms with van der Waals surface area (Å²) in [6.45, 7) is 1.71. The number of nitrogens with one attached hydrogen (secondary N) is 1. The minimum absolute atomic E-state index is 0.184. The zero-order chi connectivity index (χ0) is 17.3. The summed E-state index contributed by atoms with van der Waals surface area (Å²) in [5.41, 5.74) is 1.89. The number of aryl methyl sites for hydroxylation is 2. The number of pyridine rings is 1. The van der Waals surface area contributed by atoms with Crippen LogP contribution in [0.5, 0.6) is 5.88 Å². The molecule has 1 amide bonds. The van der Waals surface area contributed by atoms with Crippen LogP contribution in [0.15, 0.2) is 29.0 Å². The number of aromatic nitrogens is 4. The van der Waals surface area contributed by atoms with Crippen molar-refractivity contribution in [3.8, 4) is 17.1 Å². The van der Waals surface area contributed by atoms with E-state index >= 15 is 0 Å². The van der Waals surface area contributed by atoms with Crippen molar-refractivity contribution in [2.75, 3.05) is 12.4 Å². The van der Waals surface area contributed by atoms with Gasteiger partial charge in [0.25, 0.3) is 5.91 Å². The fraction of sp³-hybridized carbons (Fsp3) is 0.200. The molecule has 0 aliphatic rings. The predicted molar refractivity (Wildman–Crippen MR) is 87.2 cm³/mol. The Labute approximate surface area is 142 Å². The zero-order valence-corrected chi connectivity index (χ0v) is 14.0. The van der Waals surface area contributed by atoms with Gasteiger partial charge in [-0.2, -0.15) is 5.10 Å². The molecule has 24 heavy (non-hydrogen) atoms. The maximum absolute atomic E-state index is 12.2. The van der Waals surface area contributed by atoms with E-state index in [4.69, 9.17) is 20.9 Å². The molecule has 9 heteroatoms. The molecule has 0 aliphatic heterocycles. The molecule has 3 aromatic heterocycles. The third-order valence-corrected chi connectivity index (χ3v) is 3.59. The van der Waals surface area contributed by atoms with Crippen LogP contribution in [-0.2, 0) is 7.05 Å². The molecule has 8 nitrogen and oxygen atoms in total. The van der Waals surface area contributed by atoms with Gasteiger partial charge >= 0.3 is 0 Å². The van der Waals surface area contributed by atoms with Crippen molar-refractivity contribution in [1.29, 1.82) is 0 Å². The van der Waals surface area contributed by atoms with E-state index in [2.05, 4.69) is 20.6 Å². The lowest BCUT2D eigenvalue weighted by molar-refractivity contribution is 0.101. The lowest BCUT2D eigenvalue weighted by atomic mass is 10.2. The highest BCUT2D eigenvalue weighted by Gasteiger charge is 2.18. The smallest absolute Gasteiger partial charge is 0.277 e. The van der Waals surface area contributed by atoms with Gasteiger partial charge in [-0.15, -0.1) is 0 Å². The molecule has 124 valence electrons. The van der Waals surface area contributed by atoms with Gasteiger partial charge in [-0.3, -0.25) is 9.48 Å². The predicted octanol–water partition coefficient (Wildman–Crippen LogP) is 2.69. The summed E-state index contributed by atoms with van der Waals surface area (Å²) in [5.74, 6) is 0.520. The van der Waals surface area contributed by atoms with E-state index in [-0.39, 0.29) is 5.69 Å². The van der Waals surface area contributed by atoms with Crippen LogP contribution in [0.2, 0.25) is 5.02 Å². The van der Waals surface area contributed by atoms with Gasteiger partial charge in [0, 0.05) is 13.1 Å². The van der Waals surface area contributed by atoms with Crippen LogP contribution in [0.1, 0.15) is 16.2 Å². The first-order chi connectivity index (χ1) is 11.5. The number of methoxy groups -OCH3 is 1. The number of halogens is 1. The molecule has 0 fully saturated rings. The highest BCUT2D eigenvalue weighted by Crippen LogP contribution is 2.34. The van der Waals surface area contributed by atoms with E-state index in [9.17, 15) is 4.79 Å². The molecule has 0 atom stereocenters. The van der Waals surface area contributed by atoms with Crippen LogP contribution in [0.4, 0.5) is 5.69 Å². The van der Waals surface area contributed by atoms with Gasteiger partial charge in [-0.05, 0) is 13.0 Å². The number of carbonyl (C=O) groups excluding carboxylic acids is 1. The molecule has 3 rings (SSSR count). The quantitative estimate of drug-likeness (QED) is 0.779. The highest BCUT2D eigenvalue weighted by atomic mass is 35.5. The Morgan fingerprint density at radius 1 is 1.38 bits per heavy atom. The maximum atomic E-state index is 12.2. The molecule has 0 saturated carbocycles. The van der Waals surface area contributed by atoms with Gasteiger partial charge in [-0.1, -0.05) is 16.8 Å². The van der Waals surface area contributed by atoms with Crippen molar-refractivity contribution >= 4 is 23.2 Å². The van der Waals surface area contributed by atoms with Crippen LogP contribution in [-0.4, -0.2) is 32.9 Å². The topological polar surface area (TPSA) is 95.1 Å². The SMILES string of the molecule is COc1ncc(NC(=O)c2cc(C)on2)cc1-c1c(Cl)cnn1C. The Hall–Kier alpha value is -2.87. The van der Waals surface area contributed by atoms with E-state index in [0.717, 1.165) is 0 Å². The lowest BCUT2D eigenvalue weighted by Crippen LogP contribution is -2.12. The zero-order valence-electron chi connectivity index (χ0n) is 13.2. The molecular weight excluding hydrogens is 334 g/mol. The Kier molecular flexibility index (Phi) is 4.22. The lowest BCUT2D eigenvalue weighted by Gasteiger charge is -2.11. The molecule has 0 saturated heterocycles. The monoisotopic (exact) mass is 347 g/mol. The number of amides is 1. The van der Waals surface area contributed by atoms with Gasteiger partial charge in [0.05, 0.1) is 41.5 Å². The largest absolute Gasteiger partial charge is 0.481 e. The van der Waals surface area contributed by atoms with Crippen LogP contribution in [0.3, 0.4) is 0 Å². The first kappa shape index (κ1) is 16.0. The van der Waals surface area contributed by atoms with E-state index < -0.39 is 5.91 Å². The summed E-state index contributed by atoms with van der Waals surface area (Å²) in [7, 11) is 3.26. The summed E-state index contributed by atoms with van der Waals surface area (Å²) in [5, 5.41) is 10.9. The number of nitrogens with zero attached hydrogens (tertiary/aromatic N) is 4. The molecule has 3 heterocycles. The number of rotatable bonds is 4. The van der Waals surface area contributed by atoms with Crippen molar-refractivity contribution in [3.63, 3.8) is 0 Å². The van der Waals surface area contributed by atoms with Gasteiger partial charge < -0.3 is 14.6 Å². The van der Waals surface area contributed by atoms with E-state index in [1.807, 2.05) is 0 Å². The number of carbonyl (C=O) groups is 1. The summed E-state index contributed by atoms with van der Waals surface area (Å²) < 4.78 is 11.8. The molecule has 0 bridgehead atoms. The van der Waals surface area contributed by atoms with Gasteiger partial charge in [0.2, 0.25) is 5.88 Å². The third-order valence-electron chi connectivity index (χ3n) is 3.31. The average Bonchev–Trinajstić information content (AvgIpc) is 3.13. The second-order valence-electron chi connectivity index (χ2n) is 5.02. The minimum atomic E-state index is -0.402. The van der Waals surface area contributed by atoms with Crippen molar-refractivity contribution < 1.29 is 14.1 Å². The Morgan fingerprint density at radius 3 is 2.75 bits per heavy atom. The summed E-state index contributed by atoms with van der Waals surface area (Å²) >= 11 is 6.19. The second kappa shape index (κ2) is 6.32. The van der Waals surface area contributed by atoms with Gasteiger partial charge in [-0.25, -0.2) is 4.98 Å². The normalized spacial score (nSPS) is 10.7. The Balaban J connectivity index is 1.96. The molecule has 0 radical (unpaired) electrons. The van der Waals surface area contributed by atoms with Gasteiger partial charge in [0.15, 0.2) is 5.69 Å². The van der Waals surface area contributed by atoms with Crippen LogP contribution in [0, 0.1) is 6.92 Å². The maximum Gasteiger partial charge on any atom is 0.277 e. The molecule has 0 spiro atoms. The molecule has 0 unspecified atom stereocenters. The number of anilines is 1. The molecule has 3 aromatic rings. The number of ether oxygens (including phenoxy) is 1. The first-order valence-electron chi connectivity index (χ1n) is 6.96. The van der Waals surface area contributed by atoms with Crippen LogP contribution >= 0.6 is 11.6 Å². The Morgan fingerprint density at radius 2 is 2.17 bits per heavy atom.